The van der Waals surface area contributed by atoms with E-state index in [2.05, 4.69) is 10.6 Å². The molecule has 0 bridgehead atoms. The Hall–Kier alpha value is -2.82. The van der Waals surface area contributed by atoms with Crippen LogP contribution in [0.15, 0.2) is 42.5 Å². The van der Waals surface area contributed by atoms with E-state index in [1.807, 2.05) is 70.2 Å². The number of carbonyl (C=O) groups excluding carboxylic acids is 2. The fourth-order valence-corrected chi connectivity index (χ4v) is 3.09. The second kappa shape index (κ2) is 6.83. The van der Waals surface area contributed by atoms with Gasteiger partial charge in [0.25, 0.3) is 5.91 Å². The van der Waals surface area contributed by atoms with Gasteiger partial charge in [0.15, 0.2) is 0 Å². The van der Waals surface area contributed by atoms with E-state index in [0.717, 1.165) is 22.5 Å². The smallest absolute Gasteiger partial charge is 0.326 e. The number of anilines is 2. The fourth-order valence-electron chi connectivity index (χ4n) is 3.09. The van der Waals surface area contributed by atoms with Gasteiger partial charge in [0.2, 0.25) is 0 Å². The van der Waals surface area contributed by atoms with Crippen molar-refractivity contribution in [2.24, 2.45) is 0 Å². The molecular formula is C21H25N3O2. The highest BCUT2D eigenvalue weighted by Gasteiger charge is 2.29. The Morgan fingerprint density at radius 3 is 2.38 bits per heavy atom. The molecule has 0 saturated heterocycles. The van der Waals surface area contributed by atoms with Gasteiger partial charge >= 0.3 is 6.03 Å². The van der Waals surface area contributed by atoms with Crippen molar-refractivity contribution in [3.8, 4) is 0 Å². The van der Waals surface area contributed by atoms with E-state index in [1.165, 1.54) is 0 Å². The van der Waals surface area contributed by atoms with Crippen LogP contribution in [-0.4, -0.2) is 24.0 Å². The Bertz CT molecular complexity index is 835. The van der Waals surface area contributed by atoms with Crippen molar-refractivity contribution in [3.05, 3.63) is 59.2 Å². The van der Waals surface area contributed by atoms with E-state index < -0.39 is 0 Å². The van der Waals surface area contributed by atoms with Crippen LogP contribution in [0.2, 0.25) is 0 Å². The third-order valence-electron chi connectivity index (χ3n) is 4.31. The van der Waals surface area contributed by atoms with Gasteiger partial charge in [-0.15, -0.1) is 0 Å². The minimum atomic E-state index is -0.305. The molecule has 0 spiro atoms. The third-order valence-corrected chi connectivity index (χ3v) is 4.31. The maximum absolute atomic E-state index is 12.7. The number of urea groups is 1. The molecule has 0 aromatic heterocycles. The number of aryl methyl sites for hydroxylation is 1. The van der Waals surface area contributed by atoms with E-state index >= 15 is 0 Å². The molecule has 2 N–H and O–H groups in total. The van der Waals surface area contributed by atoms with Gasteiger partial charge in [-0.25, -0.2) is 4.79 Å². The summed E-state index contributed by atoms with van der Waals surface area (Å²) >= 11 is 0. The number of hydrogen-bond donors (Lipinski definition) is 2. The molecular weight excluding hydrogens is 326 g/mol. The molecule has 1 aliphatic rings. The number of nitrogens with one attached hydrogen (secondary N) is 2. The van der Waals surface area contributed by atoms with E-state index in [1.54, 1.807) is 4.90 Å². The van der Waals surface area contributed by atoms with Gasteiger partial charge in [-0.1, -0.05) is 23.8 Å². The lowest BCUT2D eigenvalue weighted by atomic mass is 10.0. The predicted molar refractivity (Wildman–Crippen MR) is 105 cm³/mol. The van der Waals surface area contributed by atoms with Crippen LogP contribution < -0.4 is 15.5 Å². The number of rotatable bonds is 2. The van der Waals surface area contributed by atoms with Crippen molar-refractivity contribution in [1.82, 2.24) is 5.32 Å². The van der Waals surface area contributed by atoms with Gasteiger partial charge in [0, 0.05) is 29.0 Å². The number of fused-ring (bicyclic) bond motifs is 1. The zero-order valence-corrected chi connectivity index (χ0v) is 15.7. The molecule has 2 aromatic rings. The minimum absolute atomic E-state index is 0.102. The maximum atomic E-state index is 12.7. The van der Waals surface area contributed by atoms with Gasteiger partial charge < -0.3 is 10.6 Å². The van der Waals surface area contributed by atoms with Crippen LogP contribution in [0.5, 0.6) is 0 Å². The Balaban J connectivity index is 1.81. The Kier molecular flexibility index (Phi) is 4.72. The molecule has 0 aliphatic carbocycles. The molecule has 0 unspecified atom stereocenters. The highest BCUT2D eigenvalue weighted by atomic mass is 16.2. The number of carbonyl (C=O) groups is 2. The standard InChI is InChI=1S/C21H25N3O2/c1-14-8-10-15(11-9-14)22-20(26)24-13-12-16-17(6-5-7-18(16)24)19(25)23-21(2,3)4/h5-11H,12-13H2,1-4H3,(H,22,26)(H,23,25). The zero-order chi connectivity index (χ0) is 18.9. The molecule has 26 heavy (non-hydrogen) atoms. The van der Waals surface area contributed by atoms with Crippen LogP contribution >= 0.6 is 0 Å². The Morgan fingerprint density at radius 2 is 1.73 bits per heavy atom. The van der Waals surface area contributed by atoms with Gasteiger partial charge in [-0.05, 0) is 63.9 Å². The van der Waals surface area contributed by atoms with Crippen LogP contribution in [0.1, 0.15) is 42.3 Å². The lowest BCUT2D eigenvalue weighted by Crippen LogP contribution is -2.40. The first-order chi connectivity index (χ1) is 12.2. The average molecular weight is 351 g/mol. The van der Waals surface area contributed by atoms with Crippen LogP contribution in [0.25, 0.3) is 0 Å². The third kappa shape index (κ3) is 3.87. The largest absolute Gasteiger partial charge is 0.347 e. The number of benzene rings is 2. The summed E-state index contributed by atoms with van der Waals surface area (Å²) < 4.78 is 0. The molecule has 3 amide bonds. The molecule has 3 rings (SSSR count). The van der Waals surface area contributed by atoms with Crippen molar-refractivity contribution >= 4 is 23.3 Å². The summed E-state index contributed by atoms with van der Waals surface area (Å²) in [6, 6.07) is 13.1. The first kappa shape index (κ1) is 18.0. The minimum Gasteiger partial charge on any atom is -0.347 e. The van der Waals surface area contributed by atoms with Crippen molar-refractivity contribution in [1.29, 1.82) is 0 Å². The van der Waals surface area contributed by atoms with Gasteiger partial charge in [-0.3, -0.25) is 9.69 Å². The molecule has 1 heterocycles. The molecule has 5 heteroatoms. The first-order valence-electron chi connectivity index (χ1n) is 8.84. The predicted octanol–water partition coefficient (Wildman–Crippen LogP) is 4.12. The number of nitrogens with zero attached hydrogens (tertiary/aromatic N) is 1. The fraction of sp³-hybridized carbons (Fsp3) is 0.333. The second-order valence-corrected chi connectivity index (χ2v) is 7.71. The van der Waals surface area contributed by atoms with Crippen LogP contribution in [0.4, 0.5) is 16.2 Å². The van der Waals surface area contributed by atoms with Crippen molar-refractivity contribution in [2.45, 2.75) is 39.7 Å². The molecule has 1 aliphatic heterocycles. The summed E-state index contributed by atoms with van der Waals surface area (Å²) in [7, 11) is 0. The molecule has 0 saturated carbocycles. The molecule has 136 valence electrons. The normalized spacial score (nSPS) is 13.3. The lowest BCUT2D eigenvalue weighted by molar-refractivity contribution is 0.0918. The molecule has 0 fully saturated rings. The Labute approximate surface area is 154 Å². The number of amides is 3. The quantitative estimate of drug-likeness (QED) is 0.855. The molecule has 0 atom stereocenters. The topological polar surface area (TPSA) is 61.4 Å². The van der Waals surface area contributed by atoms with E-state index in [-0.39, 0.29) is 17.5 Å². The summed E-state index contributed by atoms with van der Waals surface area (Å²) in [6.45, 7) is 8.43. The van der Waals surface area contributed by atoms with Gasteiger partial charge in [-0.2, -0.15) is 0 Å². The maximum Gasteiger partial charge on any atom is 0.326 e. The average Bonchev–Trinajstić information content (AvgIpc) is 2.99. The van der Waals surface area contributed by atoms with Crippen molar-refractivity contribution < 1.29 is 9.59 Å². The first-order valence-corrected chi connectivity index (χ1v) is 8.84. The zero-order valence-electron chi connectivity index (χ0n) is 15.7. The highest BCUT2D eigenvalue weighted by molar-refractivity contribution is 6.05. The number of hydrogen-bond acceptors (Lipinski definition) is 2. The summed E-state index contributed by atoms with van der Waals surface area (Å²) in [5, 5.41) is 5.92. The lowest BCUT2D eigenvalue weighted by Gasteiger charge is -2.22. The second-order valence-electron chi connectivity index (χ2n) is 7.71. The van der Waals surface area contributed by atoms with E-state index in [0.29, 0.717) is 18.5 Å². The van der Waals surface area contributed by atoms with Crippen LogP contribution in [-0.2, 0) is 6.42 Å². The summed E-state index contributed by atoms with van der Waals surface area (Å²) in [5.74, 6) is -0.102. The van der Waals surface area contributed by atoms with Gasteiger partial charge in [0.05, 0.1) is 0 Å². The molecule has 5 nitrogen and oxygen atoms in total. The highest BCUT2D eigenvalue weighted by Crippen LogP contribution is 2.31. The van der Waals surface area contributed by atoms with Crippen LogP contribution in [0.3, 0.4) is 0 Å². The molecule has 2 aromatic carbocycles. The van der Waals surface area contributed by atoms with Crippen molar-refractivity contribution in [2.75, 3.05) is 16.8 Å². The molecule has 0 radical (unpaired) electrons. The SMILES string of the molecule is Cc1ccc(NC(=O)N2CCc3c(C(=O)NC(C)(C)C)cccc32)cc1. The van der Waals surface area contributed by atoms with Gasteiger partial charge in [0.1, 0.15) is 0 Å². The van der Waals surface area contributed by atoms with Crippen molar-refractivity contribution in [3.63, 3.8) is 0 Å². The summed E-state index contributed by atoms with van der Waals surface area (Å²) in [6.07, 6.45) is 0.671. The van der Waals surface area contributed by atoms with E-state index in [4.69, 9.17) is 0 Å². The summed E-state index contributed by atoms with van der Waals surface area (Å²) in [5.41, 5.74) is 3.97. The monoisotopic (exact) mass is 351 g/mol. The van der Waals surface area contributed by atoms with E-state index in [9.17, 15) is 9.59 Å². The Morgan fingerprint density at radius 1 is 1.04 bits per heavy atom. The van der Waals surface area contributed by atoms with Crippen LogP contribution in [0, 0.1) is 6.92 Å². The summed E-state index contributed by atoms with van der Waals surface area (Å²) in [4.78, 5) is 27.0.